The quantitative estimate of drug-likeness (QED) is 0.206. The minimum Gasteiger partial charge on any atom is -0.498 e. The molecule has 0 aromatic rings. The van der Waals surface area contributed by atoms with Crippen LogP contribution in [0.15, 0.2) is 11.3 Å². The predicted molar refractivity (Wildman–Crippen MR) is 59.6 cm³/mol. The number of ketones is 1. The topological polar surface area (TPSA) is 88.1 Å². The Bertz CT molecular complexity index is 356. The van der Waals surface area contributed by atoms with E-state index in [1.54, 1.807) is 0 Å². The summed E-state index contributed by atoms with van der Waals surface area (Å²) in [5, 5.41) is 0. The minimum absolute atomic E-state index is 0.00162. The van der Waals surface area contributed by atoms with Crippen molar-refractivity contribution in [3.8, 4) is 0 Å². The van der Waals surface area contributed by atoms with Gasteiger partial charge in [0, 0.05) is 7.11 Å². The second-order valence-corrected chi connectivity index (χ2v) is 3.10. The summed E-state index contributed by atoms with van der Waals surface area (Å²) >= 11 is 0. The third-order valence-electron chi connectivity index (χ3n) is 2.00. The lowest BCUT2D eigenvalue weighted by Gasteiger charge is -2.10. The summed E-state index contributed by atoms with van der Waals surface area (Å²) in [5.41, 5.74) is -0.354. The number of esters is 2. The smallest absolute Gasteiger partial charge is 0.345 e. The zero-order chi connectivity index (χ0) is 14.1. The Balaban J connectivity index is 5.27. The molecule has 0 unspecified atom stereocenters. The molecule has 0 aromatic carbocycles. The van der Waals surface area contributed by atoms with Crippen molar-refractivity contribution in [2.24, 2.45) is 0 Å². The van der Waals surface area contributed by atoms with Gasteiger partial charge in [0.1, 0.15) is 24.4 Å². The van der Waals surface area contributed by atoms with Gasteiger partial charge in [-0.1, -0.05) is 0 Å². The molecule has 0 spiro atoms. The van der Waals surface area contributed by atoms with Crippen LogP contribution in [0, 0.1) is 0 Å². The molecular formula is C11H16O7. The van der Waals surface area contributed by atoms with Crippen molar-refractivity contribution in [1.29, 1.82) is 0 Å². The first kappa shape index (κ1) is 16.1. The molecular weight excluding hydrogens is 244 g/mol. The van der Waals surface area contributed by atoms with Crippen LogP contribution in [0.4, 0.5) is 0 Å². The van der Waals surface area contributed by atoms with Crippen molar-refractivity contribution in [3.63, 3.8) is 0 Å². The largest absolute Gasteiger partial charge is 0.498 e. The van der Waals surface area contributed by atoms with Crippen LogP contribution >= 0.6 is 0 Å². The maximum atomic E-state index is 11.8. The molecule has 0 aliphatic carbocycles. The molecule has 18 heavy (non-hydrogen) atoms. The Morgan fingerprint density at radius 1 is 0.889 bits per heavy atom. The fourth-order valence-electron chi connectivity index (χ4n) is 1.14. The van der Waals surface area contributed by atoms with E-state index < -0.39 is 24.1 Å². The van der Waals surface area contributed by atoms with Gasteiger partial charge in [-0.05, 0) is 0 Å². The molecule has 0 rings (SSSR count). The number of methoxy groups -OCH3 is 4. The highest BCUT2D eigenvalue weighted by molar-refractivity contribution is 6.21. The molecule has 102 valence electrons. The second-order valence-electron chi connectivity index (χ2n) is 3.10. The zero-order valence-electron chi connectivity index (χ0n) is 10.8. The molecule has 0 amide bonds. The summed E-state index contributed by atoms with van der Waals surface area (Å²) in [6.07, 6.45) is -0.572. The number of carbonyl (C=O) groups is 3. The van der Waals surface area contributed by atoms with Gasteiger partial charge >= 0.3 is 11.9 Å². The molecule has 0 N–H and O–H groups in total. The number of ether oxygens (including phenoxy) is 4. The molecule has 7 nitrogen and oxygen atoms in total. The number of rotatable bonds is 7. The number of hydrogen-bond donors (Lipinski definition) is 0. The normalized spacial score (nSPS) is 11.3. The molecule has 0 aromatic heterocycles. The van der Waals surface area contributed by atoms with Crippen LogP contribution in [0.3, 0.4) is 0 Å². The first-order valence-corrected chi connectivity index (χ1v) is 4.96. The van der Waals surface area contributed by atoms with Crippen molar-refractivity contribution >= 4 is 17.7 Å². The lowest BCUT2D eigenvalue weighted by Crippen LogP contribution is -2.22. The van der Waals surface area contributed by atoms with E-state index in [-0.39, 0.29) is 17.9 Å². The summed E-state index contributed by atoms with van der Waals surface area (Å²) in [4.78, 5) is 34.3. The third kappa shape index (κ3) is 4.54. The SMILES string of the molecule is COC/C(OC)=C(\C(=O)CC(=O)OC)C(=O)OC. The van der Waals surface area contributed by atoms with Crippen LogP contribution in [0.2, 0.25) is 0 Å². The van der Waals surface area contributed by atoms with Crippen LogP contribution in [0.25, 0.3) is 0 Å². The van der Waals surface area contributed by atoms with Crippen molar-refractivity contribution in [1.82, 2.24) is 0 Å². The Labute approximate surface area is 105 Å². The Hall–Kier alpha value is -1.89. The van der Waals surface area contributed by atoms with Gasteiger partial charge in [-0.3, -0.25) is 9.59 Å². The van der Waals surface area contributed by atoms with Gasteiger partial charge in [-0.2, -0.15) is 0 Å². The summed E-state index contributed by atoms with van der Waals surface area (Å²) < 4.78 is 18.5. The molecule has 7 heteroatoms. The van der Waals surface area contributed by atoms with Crippen LogP contribution in [-0.4, -0.2) is 52.8 Å². The predicted octanol–water partition coefficient (Wildman–Crippen LogP) is -0.161. The maximum absolute atomic E-state index is 11.8. The molecule has 0 atom stereocenters. The molecule has 0 saturated carbocycles. The first-order valence-electron chi connectivity index (χ1n) is 4.96. The Morgan fingerprint density at radius 2 is 1.50 bits per heavy atom. The number of carbonyl (C=O) groups excluding carboxylic acids is 3. The fourth-order valence-corrected chi connectivity index (χ4v) is 1.14. The standard InChI is InChI=1S/C11H16O7/c1-15-6-8(16-2)10(11(14)18-4)7(12)5-9(13)17-3/h5-6H2,1-4H3/b10-8-. The second kappa shape index (κ2) is 8.24. The monoisotopic (exact) mass is 260 g/mol. The van der Waals surface area contributed by atoms with Gasteiger partial charge in [-0.15, -0.1) is 0 Å². The van der Waals surface area contributed by atoms with Crippen molar-refractivity contribution in [3.05, 3.63) is 11.3 Å². The van der Waals surface area contributed by atoms with Crippen LogP contribution in [0.1, 0.15) is 6.42 Å². The van der Waals surface area contributed by atoms with E-state index in [0.29, 0.717) is 0 Å². The van der Waals surface area contributed by atoms with Crippen LogP contribution < -0.4 is 0 Å². The van der Waals surface area contributed by atoms with E-state index in [1.807, 2.05) is 0 Å². The first-order chi connectivity index (χ1) is 8.51. The molecule has 0 aliphatic rings. The summed E-state index contributed by atoms with van der Waals surface area (Å²) in [5.74, 6) is -2.40. The summed E-state index contributed by atoms with van der Waals surface area (Å²) in [6, 6.07) is 0. The van der Waals surface area contributed by atoms with Gasteiger partial charge in [0.2, 0.25) is 0 Å². The lowest BCUT2D eigenvalue weighted by molar-refractivity contribution is -0.143. The average molecular weight is 260 g/mol. The Morgan fingerprint density at radius 3 is 1.89 bits per heavy atom. The lowest BCUT2D eigenvalue weighted by atomic mass is 10.1. The van der Waals surface area contributed by atoms with Crippen LogP contribution in [0.5, 0.6) is 0 Å². The number of Topliss-reactive ketones (excluding diaryl/α,β-unsaturated/α-hetero) is 1. The van der Waals surface area contributed by atoms with Crippen molar-refractivity contribution < 1.29 is 33.3 Å². The highest BCUT2D eigenvalue weighted by Gasteiger charge is 2.27. The summed E-state index contributed by atoms with van der Waals surface area (Å²) in [6.45, 7) is -0.0894. The maximum Gasteiger partial charge on any atom is 0.345 e. The van der Waals surface area contributed by atoms with Crippen molar-refractivity contribution in [2.45, 2.75) is 6.42 Å². The highest BCUT2D eigenvalue weighted by Crippen LogP contribution is 2.12. The molecule has 0 bridgehead atoms. The van der Waals surface area contributed by atoms with E-state index in [0.717, 1.165) is 14.2 Å². The zero-order valence-corrected chi connectivity index (χ0v) is 10.8. The van der Waals surface area contributed by atoms with E-state index >= 15 is 0 Å². The van der Waals surface area contributed by atoms with E-state index in [9.17, 15) is 14.4 Å². The minimum atomic E-state index is -0.891. The summed E-state index contributed by atoms with van der Waals surface area (Å²) in [7, 11) is 4.92. The molecule has 0 aliphatic heterocycles. The van der Waals surface area contributed by atoms with E-state index in [2.05, 4.69) is 9.47 Å². The van der Waals surface area contributed by atoms with E-state index in [1.165, 1.54) is 14.2 Å². The molecule has 0 radical (unpaired) electrons. The van der Waals surface area contributed by atoms with Gasteiger partial charge in [-0.25, -0.2) is 4.79 Å². The fraction of sp³-hybridized carbons (Fsp3) is 0.545. The molecule has 0 saturated heterocycles. The third-order valence-corrected chi connectivity index (χ3v) is 2.00. The van der Waals surface area contributed by atoms with Gasteiger partial charge < -0.3 is 18.9 Å². The number of hydrogen-bond acceptors (Lipinski definition) is 7. The molecule has 0 heterocycles. The van der Waals surface area contributed by atoms with Gasteiger partial charge in [0.15, 0.2) is 5.78 Å². The highest BCUT2D eigenvalue weighted by atomic mass is 16.5. The molecule has 0 fully saturated rings. The van der Waals surface area contributed by atoms with Gasteiger partial charge in [0.05, 0.1) is 21.3 Å². The Kier molecular flexibility index (Phi) is 7.37. The van der Waals surface area contributed by atoms with Crippen LogP contribution in [-0.2, 0) is 33.3 Å². The van der Waals surface area contributed by atoms with Gasteiger partial charge in [0.25, 0.3) is 0 Å². The van der Waals surface area contributed by atoms with E-state index in [4.69, 9.17) is 9.47 Å². The van der Waals surface area contributed by atoms with Crippen molar-refractivity contribution in [2.75, 3.05) is 35.0 Å². The average Bonchev–Trinajstić information content (AvgIpc) is 2.37.